The monoisotopic (exact) mass is 533 g/mol. The average molecular weight is 534 g/mol. The van der Waals surface area contributed by atoms with Crippen LogP contribution in [0.5, 0.6) is 11.5 Å². The van der Waals surface area contributed by atoms with Crippen LogP contribution < -0.4 is 14.8 Å². The molecule has 1 aliphatic rings. The van der Waals surface area contributed by atoms with Crippen LogP contribution >= 0.6 is 11.6 Å². The highest BCUT2D eigenvalue weighted by atomic mass is 35.5. The molecule has 4 aromatic rings. The molecule has 196 valence electrons. The van der Waals surface area contributed by atoms with Crippen molar-refractivity contribution < 1.29 is 19.4 Å². The van der Waals surface area contributed by atoms with Crippen LogP contribution in [0.4, 0.5) is 11.5 Å². The standard InChI is InChI=1S/C28H28ClN5O4/c1-18(35)28(36)34-13-5-7-21(34)16-38-25-9-4-8-23-26(25)27(32-17-31-23)33-19-10-11-24(22(29)14-19)37-15-20-6-2-3-12-30-20/h2-4,6,8-12,14,17-18,21,35H,5,7,13,15-16H2,1H3,(H,31,32,33)/t18-,21?/m0/s1. The lowest BCUT2D eigenvalue weighted by Crippen LogP contribution is -2.43. The number of aromatic nitrogens is 3. The molecule has 9 nitrogen and oxygen atoms in total. The van der Waals surface area contributed by atoms with E-state index in [9.17, 15) is 9.90 Å². The first-order chi connectivity index (χ1) is 18.5. The van der Waals surface area contributed by atoms with Crippen molar-refractivity contribution in [2.75, 3.05) is 18.5 Å². The summed E-state index contributed by atoms with van der Waals surface area (Å²) in [7, 11) is 0. The molecule has 10 heteroatoms. The molecule has 0 radical (unpaired) electrons. The number of anilines is 2. The zero-order valence-corrected chi connectivity index (χ0v) is 21.6. The molecule has 0 bridgehead atoms. The second kappa shape index (κ2) is 11.6. The third-order valence-electron chi connectivity index (χ3n) is 6.37. The number of fused-ring (bicyclic) bond motifs is 1. The summed E-state index contributed by atoms with van der Waals surface area (Å²) in [6.07, 6.45) is 3.87. The molecule has 2 atom stereocenters. The SMILES string of the molecule is C[C@H](O)C(=O)N1CCCC1COc1cccc2ncnc(Nc3ccc(OCc4ccccn4)c(Cl)c3)c12. The molecule has 3 heterocycles. The van der Waals surface area contributed by atoms with Crippen molar-refractivity contribution in [1.29, 1.82) is 0 Å². The lowest BCUT2D eigenvalue weighted by molar-refractivity contribution is -0.140. The number of nitrogens with zero attached hydrogens (tertiary/aromatic N) is 4. The highest BCUT2D eigenvalue weighted by molar-refractivity contribution is 6.32. The van der Waals surface area contributed by atoms with Gasteiger partial charge in [0, 0.05) is 18.4 Å². The lowest BCUT2D eigenvalue weighted by atomic mass is 10.2. The highest BCUT2D eigenvalue weighted by Crippen LogP contribution is 2.34. The van der Waals surface area contributed by atoms with Crippen LogP contribution in [0.2, 0.25) is 5.02 Å². The Labute approximate surface area is 225 Å². The predicted molar refractivity (Wildman–Crippen MR) is 145 cm³/mol. The van der Waals surface area contributed by atoms with Crippen molar-refractivity contribution >= 4 is 39.9 Å². The van der Waals surface area contributed by atoms with Gasteiger partial charge in [0.2, 0.25) is 0 Å². The fourth-order valence-electron chi connectivity index (χ4n) is 4.49. The Balaban J connectivity index is 1.33. The molecule has 1 fully saturated rings. The summed E-state index contributed by atoms with van der Waals surface area (Å²) in [6.45, 7) is 2.72. The number of carbonyl (C=O) groups excluding carboxylic acids is 1. The van der Waals surface area contributed by atoms with Crippen LogP contribution in [0.15, 0.2) is 67.1 Å². The molecule has 1 amide bonds. The molecule has 2 aromatic carbocycles. The molecular weight excluding hydrogens is 506 g/mol. The molecule has 2 aromatic heterocycles. The largest absolute Gasteiger partial charge is 0.491 e. The second-order valence-corrected chi connectivity index (χ2v) is 9.47. The van der Waals surface area contributed by atoms with Gasteiger partial charge in [0.05, 0.1) is 27.7 Å². The van der Waals surface area contributed by atoms with E-state index in [2.05, 4.69) is 20.3 Å². The fourth-order valence-corrected chi connectivity index (χ4v) is 4.72. The van der Waals surface area contributed by atoms with Gasteiger partial charge >= 0.3 is 0 Å². The third-order valence-corrected chi connectivity index (χ3v) is 6.67. The zero-order valence-electron chi connectivity index (χ0n) is 20.9. The van der Waals surface area contributed by atoms with E-state index in [0.29, 0.717) is 53.0 Å². The van der Waals surface area contributed by atoms with E-state index in [1.807, 2.05) is 42.5 Å². The Morgan fingerprint density at radius 1 is 1.13 bits per heavy atom. The second-order valence-electron chi connectivity index (χ2n) is 9.07. The molecule has 0 aliphatic carbocycles. The Morgan fingerprint density at radius 2 is 2.03 bits per heavy atom. The summed E-state index contributed by atoms with van der Waals surface area (Å²) in [4.78, 5) is 27.2. The average Bonchev–Trinajstić information content (AvgIpc) is 3.40. The number of ether oxygens (including phenoxy) is 2. The molecular formula is C28H28ClN5O4. The van der Waals surface area contributed by atoms with Crippen molar-refractivity contribution in [2.24, 2.45) is 0 Å². The number of hydrogen-bond acceptors (Lipinski definition) is 8. The van der Waals surface area contributed by atoms with Crippen LogP contribution in [0, 0.1) is 0 Å². The molecule has 5 rings (SSSR count). The van der Waals surface area contributed by atoms with Crippen molar-refractivity contribution in [3.05, 3.63) is 77.8 Å². The maximum Gasteiger partial charge on any atom is 0.251 e. The molecule has 1 unspecified atom stereocenters. The van der Waals surface area contributed by atoms with Gasteiger partial charge in [-0.25, -0.2) is 9.97 Å². The van der Waals surface area contributed by atoms with Gasteiger partial charge in [0.25, 0.3) is 5.91 Å². The normalized spacial score (nSPS) is 15.9. The maximum atomic E-state index is 12.4. The number of benzene rings is 2. The highest BCUT2D eigenvalue weighted by Gasteiger charge is 2.31. The van der Waals surface area contributed by atoms with Crippen LogP contribution in [0.3, 0.4) is 0 Å². The van der Waals surface area contributed by atoms with Crippen LogP contribution in [-0.4, -0.2) is 56.2 Å². The number of rotatable bonds is 9. The van der Waals surface area contributed by atoms with Gasteiger partial charge in [-0.3, -0.25) is 9.78 Å². The summed E-state index contributed by atoms with van der Waals surface area (Å²) in [5.41, 5.74) is 2.24. The fraction of sp³-hybridized carbons (Fsp3) is 0.286. The number of amides is 1. The molecule has 0 saturated carbocycles. The molecule has 2 N–H and O–H groups in total. The lowest BCUT2D eigenvalue weighted by Gasteiger charge is -2.26. The van der Waals surface area contributed by atoms with Gasteiger partial charge in [0.15, 0.2) is 0 Å². The first-order valence-electron chi connectivity index (χ1n) is 12.4. The van der Waals surface area contributed by atoms with E-state index >= 15 is 0 Å². The van der Waals surface area contributed by atoms with Crippen molar-refractivity contribution in [3.63, 3.8) is 0 Å². The van der Waals surface area contributed by atoms with E-state index in [4.69, 9.17) is 21.1 Å². The van der Waals surface area contributed by atoms with Gasteiger partial charge in [-0.1, -0.05) is 23.7 Å². The topological polar surface area (TPSA) is 110 Å². The van der Waals surface area contributed by atoms with E-state index in [1.165, 1.54) is 13.3 Å². The number of nitrogens with one attached hydrogen (secondary N) is 1. The van der Waals surface area contributed by atoms with Gasteiger partial charge < -0.3 is 24.8 Å². The Kier molecular flexibility index (Phi) is 7.86. The molecule has 1 saturated heterocycles. The van der Waals surface area contributed by atoms with Crippen LogP contribution in [0.25, 0.3) is 10.9 Å². The minimum absolute atomic E-state index is 0.106. The molecule has 1 aliphatic heterocycles. The third kappa shape index (κ3) is 5.79. The van der Waals surface area contributed by atoms with Crippen molar-refractivity contribution in [2.45, 2.75) is 38.5 Å². The Morgan fingerprint density at radius 3 is 2.82 bits per heavy atom. The Bertz CT molecular complexity index is 1410. The summed E-state index contributed by atoms with van der Waals surface area (Å²) in [5.74, 6) is 1.44. The summed E-state index contributed by atoms with van der Waals surface area (Å²) in [6, 6.07) is 16.6. The number of halogens is 1. The smallest absolute Gasteiger partial charge is 0.251 e. The number of aliphatic hydroxyl groups excluding tert-OH is 1. The van der Waals surface area contributed by atoms with Gasteiger partial charge in [-0.05, 0) is 62.2 Å². The zero-order chi connectivity index (χ0) is 26.5. The minimum Gasteiger partial charge on any atom is -0.491 e. The number of pyridine rings is 1. The number of aliphatic hydroxyl groups is 1. The summed E-state index contributed by atoms with van der Waals surface area (Å²) in [5, 5.41) is 14.2. The van der Waals surface area contributed by atoms with Crippen molar-refractivity contribution in [1.82, 2.24) is 19.9 Å². The van der Waals surface area contributed by atoms with E-state index in [0.717, 1.165) is 24.2 Å². The quantitative estimate of drug-likeness (QED) is 0.317. The first-order valence-corrected chi connectivity index (χ1v) is 12.8. The van der Waals surface area contributed by atoms with Gasteiger partial charge in [-0.15, -0.1) is 0 Å². The van der Waals surface area contributed by atoms with E-state index in [-0.39, 0.29) is 11.9 Å². The first kappa shape index (κ1) is 25.7. The van der Waals surface area contributed by atoms with E-state index < -0.39 is 6.10 Å². The van der Waals surface area contributed by atoms with Gasteiger partial charge in [0.1, 0.15) is 43.0 Å². The number of likely N-dealkylation sites (tertiary alicyclic amines) is 1. The number of carbonyl (C=O) groups is 1. The number of hydrogen-bond donors (Lipinski definition) is 2. The maximum absolute atomic E-state index is 12.4. The van der Waals surface area contributed by atoms with Crippen LogP contribution in [-0.2, 0) is 11.4 Å². The van der Waals surface area contributed by atoms with Crippen LogP contribution in [0.1, 0.15) is 25.5 Å². The minimum atomic E-state index is -1.03. The molecule has 0 spiro atoms. The van der Waals surface area contributed by atoms with E-state index in [1.54, 1.807) is 23.2 Å². The molecule has 38 heavy (non-hydrogen) atoms. The van der Waals surface area contributed by atoms with Crippen molar-refractivity contribution in [3.8, 4) is 11.5 Å². The summed E-state index contributed by atoms with van der Waals surface area (Å²) < 4.78 is 12.0. The predicted octanol–water partition coefficient (Wildman–Crippen LogP) is 4.75. The summed E-state index contributed by atoms with van der Waals surface area (Å²) >= 11 is 6.50. The van der Waals surface area contributed by atoms with Gasteiger partial charge in [-0.2, -0.15) is 0 Å². The Hall–Kier alpha value is -3.95.